The van der Waals surface area contributed by atoms with Gasteiger partial charge in [0.15, 0.2) is 0 Å². The van der Waals surface area contributed by atoms with Crippen LogP contribution in [0.1, 0.15) is 23.1 Å². The molecule has 1 aliphatic heterocycles. The van der Waals surface area contributed by atoms with Gasteiger partial charge >= 0.3 is 0 Å². The van der Waals surface area contributed by atoms with Crippen molar-refractivity contribution < 1.29 is 9.53 Å². The van der Waals surface area contributed by atoms with Crippen LogP contribution in [0.5, 0.6) is 0 Å². The van der Waals surface area contributed by atoms with Crippen LogP contribution in [0.3, 0.4) is 0 Å². The molecule has 0 atom stereocenters. The predicted molar refractivity (Wildman–Crippen MR) is 76.3 cm³/mol. The van der Waals surface area contributed by atoms with Gasteiger partial charge in [-0.3, -0.25) is 9.20 Å². The van der Waals surface area contributed by atoms with E-state index in [0.29, 0.717) is 49.1 Å². The van der Waals surface area contributed by atoms with Gasteiger partial charge in [-0.2, -0.15) is 0 Å². The van der Waals surface area contributed by atoms with Gasteiger partial charge in [0.25, 0.3) is 5.91 Å². The summed E-state index contributed by atoms with van der Waals surface area (Å²) in [6.45, 7) is 4.44. The van der Waals surface area contributed by atoms with Gasteiger partial charge in [-0.25, -0.2) is 4.98 Å². The molecule has 1 aliphatic rings. The minimum Gasteiger partial charge on any atom is -0.378 e. The van der Waals surface area contributed by atoms with Gasteiger partial charge in [0.1, 0.15) is 11.3 Å². The van der Waals surface area contributed by atoms with Crippen LogP contribution >= 0.6 is 11.6 Å². The third-order valence-corrected chi connectivity index (χ3v) is 3.73. The fourth-order valence-electron chi connectivity index (χ4n) is 2.46. The van der Waals surface area contributed by atoms with E-state index >= 15 is 0 Å². The topological polar surface area (TPSA) is 46.8 Å². The van der Waals surface area contributed by atoms with Gasteiger partial charge in [0, 0.05) is 30.4 Å². The average molecular weight is 294 g/mol. The van der Waals surface area contributed by atoms with Crippen LogP contribution in [-0.4, -0.2) is 46.5 Å². The van der Waals surface area contributed by atoms with Crippen LogP contribution in [0.2, 0.25) is 5.02 Å². The smallest absolute Gasteiger partial charge is 0.272 e. The molecule has 2 aromatic rings. The minimum atomic E-state index is 0.0139. The molecule has 106 valence electrons. The number of morpholine rings is 1. The predicted octanol–water partition coefficient (Wildman–Crippen LogP) is 2.02. The molecule has 0 saturated carbocycles. The first-order valence-electron chi connectivity index (χ1n) is 6.74. The van der Waals surface area contributed by atoms with E-state index in [-0.39, 0.29) is 5.91 Å². The summed E-state index contributed by atoms with van der Waals surface area (Å²) in [5.41, 5.74) is 2.16. The Balaban J connectivity index is 2.06. The standard InChI is InChI=1S/C14H16ClN3O2/c1-2-11-13(14(19)17-5-7-20-8-6-17)18-4-3-10(15)9-12(18)16-11/h3-4,9H,2,5-8H2,1H3. The van der Waals surface area contributed by atoms with Crippen LogP contribution in [0.4, 0.5) is 0 Å². The summed E-state index contributed by atoms with van der Waals surface area (Å²) in [4.78, 5) is 19.0. The highest BCUT2D eigenvalue weighted by Crippen LogP contribution is 2.19. The summed E-state index contributed by atoms with van der Waals surface area (Å²) in [7, 11) is 0. The Labute approximate surface area is 122 Å². The maximum absolute atomic E-state index is 12.7. The third-order valence-electron chi connectivity index (χ3n) is 3.50. The van der Waals surface area contributed by atoms with Crippen molar-refractivity contribution in [1.29, 1.82) is 0 Å². The van der Waals surface area contributed by atoms with Crippen LogP contribution in [-0.2, 0) is 11.2 Å². The number of rotatable bonds is 2. The number of hydrogen-bond acceptors (Lipinski definition) is 3. The number of carbonyl (C=O) groups is 1. The molecule has 0 N–H and O–H groups in total. The second-order valence-corrected chi connectivity index (χ2v) is 5.17. The third kappa shape index (κ3) is 2.27. The number of amides is 1. The number of fused-ring (bicyclic) bond motifs is 1. The van der Waals surface area contributed by atoms with E-state index in [0.717, 1.165) is 5.69 Å². The number of aromatic nitrogens is 2. The molecule has 1 saturated heterocycles. The fraction of sp³-hybridized carbons (Fsp3) is 0.429. The molecule has 6 heteroatoms. The van der Waals surface area contributed by atoms with Crippen molar-refractivity contribution in [3.63, 3.8) is 0 Å². The molecule has 20 heavy (non-hydrogen) atoms. The molecule has 0 unspecified atom stereocenters. The van der Waals surface area contributed by atoms with E-state index < -0.39 is 0 Å². The minimum absolute atomic E-state index is 0.0139. The molecule has 0 radical (unpaired) electrons. The lowest BCUT2D eigenvalue weighted by molar-refractivity contribution is 0.0297. The van der Waals surface area contributed by atoms with Crippen LogP contribution in [0.25, 0.3) is 5.65 Å². The first-order chi connectivity index (χ1) is 9.70. The molecule has 5 nitrogen and oxygen atoms in total. The van der Waals surface area contributed by atoms with Gasteiger partial charge in [-0.05, 0) is 12.5 Å². The summed E-state index contributed by atoms with van der Waals surface area (Å²) in [6, 6.07) is 3.54. The summed E-state index contributed by atoms with van der Waals surface area (Å²) in [6.07, 6.45) is 2.52. The van der Waals surface area contributed by atoms with Gasteiger partial charge in [0.2, 0.25) is 0 Å². The Morgan fingerprint density at radius 2 is 2.20 bits per heavy atom. The lowest BCUT2D eigenvalue weighted by Gasteiger charge is -2.26. The van der Waals surface area contributed by atoms with E-state index in [1.807, 2.05) is 16.2 Å². The van der Waals surface area contributed by atoms with E-state index in [9.17, 15) is 4.79 Å². The molecule has 1 amide bonds. The lowest BCUT2D eigenvalue weighted by Crippen LogP contribution is -2.41. The SMILES string of the molecule is CCc1nc2cc(Cl)ccn2c1C(=O)N1CCOCC1. The zero-order valence-corrected chi connectivity index (χ0v) is 12.1. The first kappa shape index (κ1) is 13.4. The van der Waals surface area contributed by atoms with Gasteiger partial charge in [-0.15, -0.1) is 0 Å². The monoisotopic (exact) mass is 293 g/mol. The summed E-state index contributed by atoms with van der Waals surface area (Å²) in [5, 5.41) is 0.621. The van der Waals surface area contributed by atoms with Crippen molar-refractivity contribution in [3.8, 4) is 0 Å². The van der Waals surface area contributed by atoms with Crippen molar-refractivity contribution in [3.05, 3.63) is 34.7 Å². The van der Waals surface area contributed by atoms with Crippen molar-refractivity contribution >= 4 is 23.2 Å². The Morgan fingerprint density at radius 1 is 1.45 bits per heavy atom. The van der Waals surface area contributed by atoms with Gasteiger partial charge < -0.3 is 9.64 Å². The highest BCUT2D eigenvalue weighted by atomic mass is 35.5. The number of hydrogen-bond donors (Lipinski definition) is 0. The molecule has 0 spiro atoms. The van der Waals surface area contributed by atoms with Crippen molar-refractivity contribution in [2.75, 3.05) is 26.3 Å². The second kappa shape index (κ2) is 5.42. The van der Waals surface area contributed by atoms with Crippen LogP contribution < -0.4 is 0 Å². The maximum Gasteiger partial charge on any atom is 0.272 e. The molecular weight excluding hydrogens is 278 g/mol. The van der Waals surface area contributed by atoms with E-state index in [4.69, 9.17) is 16.3 Å². The first-order valence-corrected chi connectivity index (χ1v) is 7.12. The lowest BCUT2D eigenvalue weighted by atomic mass is 10.2. The molecule has 0 aromatic carbocycles. The van der Waals surface area contributed by atoms with Gasteiger partial charge in [-0.1, -0.05) is 18.5 Å². The Hall–Kier alpha value is -1.59. The largest absolute Gasteiger partial charge is 0.378 e. The summed E-state index contributed by atoms with van der Waals surface area (Å²) in [5.74, 6) is 0.0139. The molecule has 1 fully saturated rings. The summed E-state index contributed by atoms with van der Waals surface area (Å²) < 4.78 is 7.12. The Bertz CT molecular complexity index is 647. The van der Waals surface area contributed by atoms with Crippen molar-refractivity contribution in [1.82, 2.24) is 14.3 Å². The highest BCUT2D eigenvalue weighted by molar-refractivity contribution is 6.30. The molecule has 0 aliphatic carbocycles. The zero-order chi connectivity index (χ0) is 14.1. The van der Waals surface area contributed by atoms with Crippen molar-refractivity contribution in [2.45, 2.75) is 13.3 Å². The zero-order valence-electron chi connectivity index (χ0n) is 11.3. The number of carbonyl (C=O) groups excluding carboxylic acids is 1. The average Bonchev–Trinajstić information content (AvgIpc) is 2.84. The van der Waals surface area contributed by atoms with E-state index in [1.165, 1.54) is 0 Å². The second-order valence-electron chi connectivity index (χ2n) is 4.74. The normalized spacial score (nSPS) is 15.8. The molecule has 2 aromatic heterocycles. The number of pyridine rings is 1. The molecule has 3 rings (SSSR count). The van der Waals surface area contributed by atoms with Crippen molar-refractivity contribution in [2.24, 2.45) is 0 Å². The fourth-order valence-corrected chi connectivity index (χ4v) is 2.61. The number of nitrogens with zero attached hydrogens (tertiary/aromatic N) is 3. The number of aryl methyl sites for hydroxylation is 1. The number of halogens is 1. The molecule has 3 heterocycles. The Kier molecular flexibility index (Phi) is 3.63. The number of ether oxygens (including phenoxy) is 1. The molecule has 0 bridgehead atoms. The van der Waals surface area contributed by atoms with Crippen LogP contribution in [0.15, 0.2) is 18.3 Å². The van der Waals surface area contributed by atoms with Gasteiger partial charge in [0.05, 0.1) is 18.9 Å². The highest BCUT2D eigenvalue weighted by Gasteiger charge is 2.24. The van der Waals surface area contributed by atoms with Crippen LogP contribution in [0, 0.1) is 0 Å². The van der Waals surface area contributed by atoms with E-state index in [1.54, 1.807) is 18.3 Å². The quantitative estimate of drug-likeness (QED) is 0.851. The summed E-state index contributed by atoms with van der Waals surface area (Å²) >= 11 is 5.99. The Morgan fingerprint density at radius 3 is 2.90 bits per heavy atom. The van der Waals surface area contributed by atoms with E-state index in [2.05, 4.69) is 4.98 Å². The number of imidazole rings is 1. The molecular formula is C14H16ClN3O2. The maximum atomic E-state index is 12.7.